The minimum atomic E-state index is -3.46. The molecule has 1 unspecified atom stereocenters. The van der Waals surface area contributed by atoms with Crippen LogP contribution in [-0.2, 0) is 10.0 Å². The summed E-state index contributed by atoms with van der Waals surface area (Å²) in [4.78, 5) is 2.20. The minimum Gasteiger partial charge on any atom is -0.389 e. The summed E-state index contributed by atoms with van der Waals surface area (Å²) >= 11 is 1.49. The molecule has 102 valence electrons. The van der Waals surface area contributed by atoms with Gasteiger partial charge in [-0.3, -0.25) is 0 Å². The Hall–Kier alpha value is -0.430. The highest BCUT2D eigenvalue weighted by Gasteiger charge is 2.36. The van der Waals surface area contributed by atoms with Gasteiger partial charge in [-0.1, -0.05) is 0 Å². The third-order valence-electron chi connectivity index (χ3n) is 3.25. The summed E-state index contributed by atoms with van der Waals surface area (Å²) in [7, 11) is -3.46. The van der Waals surface area contributed by atoms with Gasteiger partial charge >= 0.3 is 0 Å². The lowest BCUT2D eigenvalue weighted by Gasteiger charge is -2.35. The number of sulfonamides is 1. The monoisotopic (exact) mass is 289 g/mol. The van der Waals surface area contributed by atoms with Crippen molar-refractivity contribution < 1.29 is 13.5 Å². The normalized spacial score (nSPS) is 26.4. The van der Waals surface area contributed by atoms with Crippen LogP contribution in [0.5, 0.6) is 0 Å². The van der Waals surface area contributed by atoms with Gasteiger partial charge < -0.3 is 5.11 Å². The number of thiophene rings is 1. The molecule has 2 rings (SSSR count). The van der Waals surface area contributed by atoms with E-state index in [-0.39, 0.29) is 6.54 Å². The van der Waals surface area contributed by atoms with Crippen LogP contribution in [0, 0.1) is 13.8 Å². The van der Waals surface area contributed by atoms with Crippen LogP contribution in [0.4, 0.5) is 0 Å². The van der Waals surface area contributed by atoms with Gasteiger partial charge in [0.1, 0.15) is 0 Å². The SMILES string of the molecule is Cc1cc(S(=O)(=O)N2CCCC(C)(O)C2)c(C)s1. The maximum atomic E-state index is 12.5. The summed E-state index contributed by atoms with van der Waals surface area (Å²) in [5.41, 5.74) is -0.912. The molecule has 6 heteroatoms. The molecule has 1 aromatic rings. The van der Waals surface area contributed by atoms with Crippen LogP contribution >= 0.6 is 11.3 Å². The van der Waals surface area contributed by atoms with Crippen molar-refractivity contribution in [1.82, 2.24) is 4.31 Å². The number of piperidine rings is 1. The summed E-state index contributed by atoms with van der Waals surface area (Å²) in [6.45, 7) is 6.10. The first-order valence-electron chi connectivity index (χ1n) is 6.02. The standard InChI is InChI=1S/C12H19NO3S2/c1-9-7-11(10(2)17-9)18(15,16)13-6-4-5-12(3,14)8-13/h7,14H,4-6,8H2,1-3H3. The molecule has 0 aliphatic carbocycles. The van der Waals surface area contributed by atoms with Gasteiger partial charge in [0.05, 0.1) is 10.5 Å². The molecule has 1 saturated heterocycles. The molecule has 0 amide bonds. The first kappa shape index (κ1) is 14.0. The lowest BCUT2D eigenvalue weighted by Crippen LogP contribution is -2.48. The summed E-state index contributed by atoms with van der Waals surface area (Å²) < 4.78 is 26.5. The third kappa shape index (κ3) is 2.61. The number of aryl methyl sites for hydroxylation is 2. The van der Waals surface area contributed by atoms with Crippen molar-refractivity contribution in [1.29, 1.82) is 0 Å². The second kappa shape index (κ2) is 4.59. The van der Waals surface area contributed by atoms with E-state index in [4.69, 9.17) is 0 Å². The van der Waals surface area contributed by atoms with Crippen LogP contribution in [-0.4, -0.2) is 36.5 Å². The van der Waals surface area contributed by atoms with Gasteiger partial charge in [0.2, 0.25) is 10.0 Å². The van der Waals surface area contributed by atoms with Crippen LogP contribution in [0.1, 0.15) is 29.5 Å². The van der Waals surface area contributed by atoms with E-state index in [1.807, 2.05) is 13.8 Å². The fraction of sp³-hybridized carbons (Fsp3) is 0.667. The van der Waals surface area contributed by atoms with Crippen LogP contribution in [0.2, 0.25) is 0 Å². The average molecular weight is 289 g/mol. The zero-order valence-corrected chi connectivity index (χ0v) is 12.6. The molecule has 1 atom stereocenters. The van der Waals surface area contributed by atoms with Crippen molar-refractivity contribution in [3.8, 4) is 0 Å². The lowest BCUT2D eigenvalue weighted by atomic mass is 9.97. The number of rotatable bonds is 2. The molecule has 18 heavy (non-hydrogen) atoms. The first-order valence-corrected chi connectivity index (χ1v) is 8.28. The average Bonchev–Trinajstić information content (AvgIpc) is 2.57. The van der Waals surface area contributed by atoms with E-state index < -0.39 is 15.6 Å². The molecule has 1 aliphatic rings. The van der Waals surface area contributed by atoms with Crippen molar-refractivity contribution in [3.63, 3.8) is 0 Å². The Kier molecular flexibility index (Phi) is 3.57. The number of hydrogen-bond donors (Lipinski definition) is 1. The van der Waals surface area contributed by atoms with Crippen LogP contribution in [0.3, 0.4) is 0 Å². The Morgan fingerprint density at radius 2 is 2.11 bits per heavy atom. The maximum absolute atomic E-state index is 12.5. The van der Waals surface area contributed by atoms with Gasteiger partial charge in [0, 0.05) is 22.8 Å². The molecular weight excluding hydrogens is 270 g/mol. The van der Waals surface area contributed by atoms with Crippen molar-refractivity contribution in [2.24, 2.45) is 0 Å². The first-order chi connectivity index (χ1) is 8.22. The summed E-state index contributed by atoms with van der Waals surface area (Å²) in [6, 6.07) is 1.72. The molecule has 1 aromatic heterocycles. The highest BCUT2D eigenvalue weighted by atomic mass is 32.2. The fourth-order valence-corrected chi connectivity index (χ4v) is 5.50. The Morgan fingerprint density at radius 3 is 2.61 bits per heavy atom. The quantitative estimate of drug-likeness (QED) is 0.904. The highest BCUT2D eigenvalue weighted by Crippen LogP contribution is 2.31. The number of aliphatic hydroxyl groups is 1. The van der Waals surface area contributed by atoms with E-state index >= 15 is 0 Å². The summed E-state index contributed by atoms with van der Waals surface area (Å²) in [5.74, 6) is 0. The molecule has 1 N–H and O–H groups in total. The Balaban J connectivity index is 2.34. The molecule has 2 heterocycles. The summed E-state index contributed by atoms with van der Waals surface area (Å²) in [6.07, 6.45) is 1.36. The van der Waals surface area contributed by atoms with E-state index in [0.717, 1.165) is 9.75 Å². The molecule has 0 spiro atoms. The molecule has 0 radical (unpaired) electrons. The Labute approximate surface area is 112 Å². The molecule has 1 aliphatic heterocycles. The van der Waals surface area contributed by atoms with E-state index in [0.29, 0.717) is 24.3 Å². The minimum absolute atomic E-state index is 0.184. The fourth-order valence-electron chi connectivity index (χ4n) is 2.38. The second-order valence-electron chi connectivity index (χ2n) is 5.22. The zero-order chi connectivity index (χ0) is 13.6. The largest absolute Gasteiger partial charge is 0.389 e. The van der Waals surface area contributed by atoms with Gasteiger partial charge in [0.25, 0.3) is 0 Å². The molecule has 4 nitrogen and oxygen atoms in total. The number of hydrogen-bond acceptors (Lipinski definition) is 4. The van der Waals surface area contributed by atoms with Gasteiger partial charge in [-0.15, -0.1) is 11.3 Å². The van der Waals surface area contributed by atoms with Crippen molar-refractivity contribution in [2.75, 3.05) is 13.1 Å². The van der Waals surface area contributed by atoms with Crippen molar-refractivity contribution in [2.45, 2.75) is 44.1 Å². The topological polar surface area (TPSA) is 57.6 Å². The predicted octanol–water partition coefficient (Wildman–Crippen LogP) is 1.90. The zero-order valence-electron chi connectivity index (χ0n) is 10.9. The lowest BCUT2D eigenvalue weighted by molar-refractivity contribution is 0.00940. The van der Waals surface area contributed by atoms with E-state index in [9.17, 15) is 13.5 Å². The van der Waals surface area contributed by atoms with Gasteiger partial charge in [-0.25, -0.2) is 8.42 Å². The van der Waals surface area contributed by atoms with Crippen molar-refractivity contribution in [3.05, 3.63) is 15.8 Å². The smallest absolute Gasteiger partial charge is 0.244 e. The molecular formula is C12H19NO3S2. The molecule has 0 saturated carbocycles. The van der Waals surface area contributed by atoms with E-state index in [2.05, 4.69) is 0 Å². The van der Waals surface area contributed by atoms with Crippen LogP contribution in [0.25, 0.3) is 0 Å². The molecule has 0 bridgehead atoms. The van der Waals surface area contributed by atoms with Gasteiger partial charge in [0.15, 0.2) is 0 Å². The van der Waals surface area contributed by atoms with Gasteiger partial charge in [-0.2, -0.15) is 4.31 Å². The number of nitrogens with zero attached hydrogens (tertiary/aromatic N) is 1. The van der Waals surface area contributed by atoms with E-state index in [1.165, 1.54) is 15.6 Å². The van der Waals surface area contributed by atoms with Gasteiger partial charge in [-0.05, 0) is 39.7 Å². The second-order valence-corrected chi connectivity index (χ2v) is 8.58. The molecule has 1 fully saturated rings. The Bertz CT molecular complexity index is 546. The maximum Gasteiger partial charge on any atom is 0.244 e. The highest BCUT2D eigenvalue weighted by molar-refractivity contribution is 7.89. The van der Waals surface area contributed by atoms with Crippen molar-refractivity contribution >= 4 is 21.4 Å². The summed E-state index contributed by atoms with van der Waals surface area (Å²) in [5, 5.41) is 10.0. The predicted molar refractivity (Wildman–Crippen MR) is 72.4 cm³/mol. The molecule has 0 aromatic carbocycles. The number of β-amino-alcohol motifs (C(OH)–C–C–N with tert-alkyl or cyclic N) is 1. The van der Waals surface area contributed by atoms with Crippen LogP contribution in [0.15, 0.2) is 11.0 Å². The third-order valence-corrected chi connectivity index (χ3v) is 6.32. The van der Waals surface area contributed by atoms with Crippen LogP contribution < -0.4 is 0 Å². The Morgan fingerprint density at radius 1 is 1.44 bits per heavy atom. The van der Waals surface area contributed by atoms with E-state index in [1.54, 1.807) is 13.0 Å².